The molecule has 0 saturated heterocycles. The van der Waals surface area contributed by atoms with Gasteiger partial charge in [0.2, 0.25) is 0 Å². The minimum absolute atomic E-state index is 0.340. The van der Waals surface area contributed by atoms with Crippen LogP contribution in [0.3, 0.4) is 0 Å². The van der Waals surface area contributed by atoms with Gasteiger partial charge in [-0.3, -0.25) is 4.99 Å². The Kier molecular flexibility index (Phi) is 13.9. The Bertz CT molecular complexity index is 739. The molecule has 0 unspecified atom stereocenters. The summed E-state index contributed by atoms with van der Waals surface area (Å²) in [6.07, 6.45) is 4.28. The average molecular weight is 400 g/mol. The number of hydrogen-bond donors (Lipinski definition) is 2. The van der Waals surface area contributed by atoms with Gasteiger partial charge in [0.05, 0.1) is 5.69 Å². The van der Waals surface area contributed by atoms with Gasteiger partial charge in [0.25, 0.3) is 0 Å². The molecular weight excluding hydrogens is 370 g/mol. The third-order valence-electron chi connectivity index (χ3n) is 3.11. The van der Waals surface area contributed by atoms with Gasteiger partial charge in [-0.1, -0.05) is 43.5 Å². The van der Waals surface area contributed by atoms with Crippen LogP contribution in [0.25, 0.3) is 0 Å². The van der Waals surface area contributed by atoms with Crippen LogP contribution in [0.1, 0.15) is 13.8 Å². The summed E-state index contributed by atoms with van der Waals surface area (Å²) in [7, 11) is 0. The summed E-state index contributed by atoms with van der Waals surface area (Å²) in [5.74, 6) is 0.323. The summed E-state index contributed by atoms with van der Waals surface area (Å²) < 4.78 is 4.83. The molecule has 0 bridgehead atoms. The van der Waals surface area contributed by atoms with Crippen LogP contribution in [-0.2, 0) is 9.53 Å². The van der Waals surface area contributed by atoms with Crippen molar-refractivity contribution in [2.24, 2.45) is 4.99 Å². The van der Waals surface area contributed by atoms with E-state index >= 15 is 0 Å². The molecule has 1 rings (SSSR count). The molecule has 2 N–H and O–H groups in total. The maximum absolute atomic E-state index is 10.8. The predicted molar refractivity (Wildman–Crippen MR) is 122 cm³/mol. The first-order chi connectivity index (χ1) is 13.3. The molecule has 150 valence electrons. The van der Waals surface area contributed by atoms with E-state index in [9.17, 15) is 4.79 Å². The van der Waals surface area contributed by atoms with E-state index in [1.807, 2.05) is 44.2 Å². The lowest BCUT2D eigenvalue weighted by Crippen LogP contribution is -2.20. The van der Waals surface area contributed by atoms with Crippen LogP contribution in [0, 0.1) is 5.41 Å². The molecule has 0 fully saturated rings. The Hall–Kier alpha value is -2.70. The second-order valence-corrected chi connectivity index (χ2v) is 6.67. The lowest BCUT2D eigenvalue weighted by atomic mass is 10.1. The van der Waals surface area contributed by atoms with Crippen molar-refractivity contribution in [2.45, 2.75) is 18.7 Å². The van der Waals surface area contributed by atoms with Gasteiger partial charge >= 0.3 is 5.97 Å². The van der Waals surface area contributed by atoms with Crippen LogP contribution in [0.4, 0.5) is 5.69 Å². The van der Waals surface area contributed by atoms with Crippen LogP contribution in [0.2, 0.25) is 0 Å². The fourth-order valence-electron chi connectivity index (χ4n) is 1.75. The Morgan fingerprint density at radius 1 is 1.32 bits per heavy atom. The lowest BCUT2D eigenvalue weighted by molar-refractivity contribution is -0.137. The van der Waals surface area contributed by atoms with Crippen LogP contribution < -0.4 is 5.32 Å². The molecule has 0 saturated carbocycles. The van der Waals surface area contributed by atoms with Crippen molar-refractivity contribution in [1.82, 2.24) is 5.32 Å². The zero-order valence-corrected chi connectivity index (χ0v) is 17.5. The summed E-state index contributed by atoms with van der Waals surface area (Å²) in [6.45, 7) is 19.0. The number of allylic oxidation sites excluding steroid dienone is 4. The Morgan fingerprint density at radius 2 is 2.00 bits per heavy atom. The van der Waals surface area contributed by atoms with Crippen LogP contribution >= 0.6 is 11.8 Å². The monoisotopic (exact) mass is 399 g/mol. The Labute approximate surface area is 172 Å². The van der Waals surface area contributed by atoms with Gasteiger partial charge < -0.3 is 15.5 Å². The fraction of sp³-hybridized carbons (Fsp3) is 0.227. The second kappa shape index (κ2) is 15.4. The smallest absolute Gasteiger partial charge is 0.330 e. The third kappa shape index (κ3) is 11.8. The van der Waals surface area contributed by atoms with Gasteiger partial charge in [-0.25, -0.2) is 4.79 Å². The number of rotatable bonds is 11. The molecule has 0 atom stereocenters. The van der Waals surface area contributed by atoms with Crippen molar-refractivity contribution < 1.29 is 9.53 Å². The number of carbonyl (C=O) groups is 1. The first kappa shape index (κ1) is 25.3. The number of benzene rings is 1. The molecule has 6 heteroatoms. The van der Waals surface area contributed by atoms with Crippen molar-refractivity contribution in [1.29, 1.82) is 5.41 Å². The van der Waals surface area contributed by atoms with Gasteiger partial charge in [0.1, 0.15) is 6.61 Å². The summed E-state index contributed by atoms with van der Waals surface area (Å²) in [6, 6.07) is 7.80. The SMILES string of the molecule is C=C(C)/C=C(/C=N)C(=C)C.C=CC(=O)OCCNCSc1ccccc1N=C. The van der Waals surface area contributed by atoms with E-state index in [0.717, 1.165) is 39.3 Å². The number of esters is 1. The highest BCUT2D eigenvalue weighted by molar-refractivity contribution is 7.99. The van der Waals surface area contributed by atoms with Gasteiger partial charge in [0, 0.05) is 29.6 Å². The molecular formula is C22H29N3O2S. The second-order valence-electron chi connectivity index (χ2n) is 5.66. The highest BCUT2D eigenvalue weighted by atomic mass is 32.2. The van der Waals surface area contributed by atoms with E-state index < -0.39 is 5.97 Å². The van der Waals surface area contributed by atoms with Crippen molar-refractivity contribution in [3.8, 4) is 0 Å². The van der Waals surface area contributed by atoms with Crippen LogP contribution in [0.5, 0.6) is 0 Å². The lowest BCUT2D eigenvalue weighted by Gasteiger charge is -2.06. The summed E-state index contributed by atoms with van der Waals surface area (Å²) in [4.78, 5) is 15.8. The fourth-order valence-corrected chi connectivity index (χ4v) is 2.60. The number of aliphatic imine (C=N–C) groups is 1. The number of thioether (sulfide) groups is 1. The molecule has 0 aliphatic carbocycles. The molecule has 1 aromatic rings. The maximum Gasteiger partial charge on any atom is 0.330 e. The van der Waals surface area contributed by atoms with Crippen LogP contribution in [0.15, 0.2) is 82.8 Å². The number of para-hydroxylation sites is 1. The highest BCUT2D eigenvalue weighted by Crippen LogP contribution is 2.27. The molecule has 0 heterocycles. The maximum atomic E-state index is 10.8. The topological polar surface area (TPSA) is 74.5 Å². The molecule has 0 aliphatic heterocycles. The standard InChI is InChI=1S/C13H16N2O2S.C9H13N/c1-3-13(16)17-9-8-15-10-18-12-7-5-4-6-11(12)14-2;1-7(2)5-9(6-10)8(3)4/h3-7,15H,1-2,8-10H2;5-6,10H,1,3H2,2,4H3/b;9-5-,10-6?. The molecule has 5 nitrogen and oxygen atoms in total. The van der Waals surface area contributed by atoms with Gasteiger partial charge in [0.15, 0.2) is 0 Å². The average Bonchev–Trinajstić information content (AvgIpc) is 2.68. The number of nitrogens with one attached hydrogen (secondary N) is 2. The first-order valence-corrected chi connectivity index (χ1v) is 9.56. The normalized spacial score (nSPS) is 10.1. The van der Waals surface area contributed by atoms with Crippen molar-refractivity contribution in [2.75, 3.05) is 19.0 Å². The molecule has 28 heavy (non-hydrogen) atoms. The van der Waals surface area contributed by atoms with E-state index in [-0.39, 0.29) is 0 Å². The van der Waals surface area contributed by atoms with Gasteiger partial charge in [-0.15, -0.1) is 11.8 Å². The van der Waals surface area contributed by atoms with Crippen molar-refractivity contribution in [3.05, 3.63) is 72.9 Å². The Morgan fingerprint density at radius 3 is 2.50 bits per heavy atom. The minimum atomic E-state index is -0.398. The van der Waals surface area contributed by atoms with Crippen LogP contribution in [-0.4, -0.2) is 37.9 Å². The van der Waals surface area contributed by atoms with Gasteiger partial charge in [-0.05, 0) is 43.8 Å². The number of nitrogens with zero attached hydrogens (tertiary/aromatic N) is 1. The van der Waals surface area contributed by atoms with E-state index in [4.69, 9.17) is 10.1 Å². The quantitative estimate of drug-likeness (QED) is 0.103. The molecule has 0 radical (unpaired) electrons. The summed E-state index contributed by atoms with van der Waals surface area (Å²) >= 11 is 1.63. The first-order valence-electron chi connectivity index (χ1n) is 8.57. The van der Waals surface area contributed by atoms with Crippen molar-refractivity contribution in [3.63, 3.8) is 0 Å². The number of ether oxygens (including phenoxy) is 1. The minimum Gasteiger partial charge on any atom is -0.461 e. The summed E-state index contributed by atoms with van der Waals surface area (Å²) in [5.41, 5.74) is 3.56. The Balaban J connectivity index is 0.000000621. The van der Waals surface area contributed by atoms with Gasteiger partial charge in [-0.2, -0.15) is 0 Å². The zero-order chi connectivity index (χ0) is 21.4. The van der Waals surface area contributed by atoms with E-state index in [0.29, 0.717) is 13.2 Å². The predicted octanol–water partition coefficient (Wildman–Crippen LogP) is 5.10. The molecule has 0 spiro atoms. The number of hydrogen-bond acceptors (Lipinski definition) is 6. The third-order valence-corrected chi connectivity index (χ3v) is 4.11. The number of carbonyl (C=O) groups excluding carboxylic acids is 1. The van der Waals surface area contributed by atoms with E-state index in [1.165, 1.54) is 6.21 Å². The van der Waals surface area contributed by atoms with Crippen molar-refractivity contribution >= 4 is 36.4 Å². The highest BCUT2D eigenvalue weighted by Gasteiger charge is 2.00. The molecule has 1 aromatic carbocycles. The molecule has 0 amide bonds. The molecule has 0 aliphatic rings. The zero-order valence-electron chi connectivity index (χ0n) is 16.7. The largest absolute Gasteiger partial charge is 0.461 e. The van der Waals surface area contributed by atoms with E-state index in [2.05, 4.69) is 36.8 Å². The van der Waals surface area contributed by atoms with E-state index in [1.54, 1.807) is 11.8 Å². The summed E-state index contributed by atoms with van der Waals surface area (Å²) in [5, 5.41) is 10.1. The molecule has 0 aromatic heterocycles.